The normalized spacial score (nSPS) is 32.2. The molecule has 0 saturated heterocycles. The van der Waals surface area contributed by atoms with Crippen LogP contribution in [0.3, 0.4) is 0 Å². The Kier molecular flexibility index (Phi) is 3.20. The van der Waals surface area contributed by atoms with Gasteiger partial charge in [-0.3, -0.25) is 4.79 Å². The first kappa shape index (κ1) is 11.5. The molecule has 0 bridgehead atoms. The van der Waals surface area contributed by atoms with Gasteiger partial charge in [-0.25, -0.2) is 0 Å². The van der Waals surface area contributed by atoms with Crippen LogP contribution in [0.5, 0.6) is 0 Å². The van der Waals surface area contributed by atoms with Crippen LogP contribution in [0.25, 0.3) is 0 Å². The first-order valence-corrected chi connectivity index (χ1v) is 5.34. The van der Waals surface area contributed by atoms with Gasteiger partial charge in [-0.15, -0.1) is 0 Å². The van der Waals surface area contributed by atoms with E-state index in [0.717, 1.165) is 32.1 Å². The van der Waals surface area contributed by atoms with Gasteiger partial charge in [0, 0.05) is 5.54 Å². The van der Waals surface area contributed by atoms with E-state index in [1.165, 1.54) is 0 Å². The van der Waals surface area contributed by atoms with Crippen LogP contribution >= 0.6 is 0 Å². The molecule has 0 amide bonds. The second kappa shape index (κ2) is 3.89. The Balaban J connectivity index is 2.60. The van der Waals surface area contributed by atoms with E-state index in [1.54, 1.807) is 0 Å². The standard InChI is InChI=1S/C11H21NO2/c1-10(2)4-3-5-11(12,7-6-10)8-9(13)14/h3-8,12H2,1-2H3,(H,13,14). The molecule has 0 radical (unpaired) electrons. The second-order valence-electron chi connectivity index (χ2n) is 5.45. The van der Waals surface area contributed by atoms with Crippen LogP contribution in [0.4, 0.5) is 0 Å². The highest BCUT2D eigenvalue weighted by Gasteiger charge is 2.33. The molecule has 0 aromatic carbocycles. The monoisotopic (exact) mass is 199 g/mol. The molecule has 1 unspecified atom stereocenters. The summed E-state index contributed by atoms with van der Waals surface area (Å²) in [5.74, 6) is -0.771. The van der Waals surface area contributed by atoms with E-state index in [0.29, 0.717) is 5.41 Å². The fraction of sp³-hybridized carbons (Fsp3) is 0.909. The van der Waals surface area contributed by atoms with Crippen molar-refractivity contribution in [3.05, 3.63) is 0 Å². The lowest BCUT2D eigenvalue weighted by atomic mass is 9.83. The first-order chi connectivity index (χ1) is 6.33. The van der Waals surface area contributed by atoms with Crippen molar-refractivity contribution in [1.29, 1.82) is 0 Å². The van der Waals surface area contributed by atoms with Crippen molar-refractivity contribution >= 4 is 5.97 Å². The summed E-state index contributed by atoms with van der Waals surface area (Å²) in [5.41, 5.74) is 5.97. The van der Waals surface area contributed by atoms with Crippen LogP contribution in [-0.2, 0) is 4.79 Å². The van der Waals surface area contributed by atoms with Gasteiger partial charge in [-0.05, 0) is 31.1 Å². The zero-order valence-corrected chi connectivity index (χ0v) is 9.18. The van der Waals surface area contributed by atoms with E-state index < -0.39 is 11.5 Å². The Morgan fingerprint density at radius 2 is 1.93 bits per heavy atom. The average molecular weight is 199 g/mol. The van der Waals surface area contributed by atoms with Crippen molar-refractivity contribution in [2.24, 2.45) is 11.1 Å². The van der Waals surface area contributed by atoms with Crippen molar-refractivity contribution < 1.29 is 9.90 Å². The van der Waals surface area contributed by atoms with Crippen molar-refractivity contribution in [2.45, 2.75) is 57.9 Å². The smallest absolute Gasteiger partial charge is 0.305 e. The van der Waals surface area contributed by atoms with Crippen LogP contribution in [0.2, 0.25) is 0 Å². The van der Waals surface area contributed by atoms with E-state index in [2.05, 4.69) is 13.8 Å². The Bertz CT molecular complexity index is 225. The van der Waals surface area contributed by atoms with Gasteiger partial charge in [0.05, 0.1) is 6.42 Å². The van der Waals surface area contributed by atoms with Crippen molar-refractivity contribution in [2.75, 3.05) is 0 Å². The van der Waals surface area contributed by atoms with Crippen molar-refractivity contribution in [1.82, 2.24) is 0 Å². The molecule has 1 rings (SSSR count). The maximum atomic E-state index is 10.7. The number of carboxylic acid groups (broad SMARTS) is 1. The SMILES string of the molecule is CC1(C)CCCC(N)(CC(=O)O)CC1. The van der Waals surface area contributed by atoms with Crippen LogP contribution < -0.4 is 5.73 Å². The molecule has 3 N–H and O–H groups in total. The molecule has 3 nitrogen and oxygen atoms in total. The fourth-order valence-electron chi connectivity index (χ4n) is 2.23. The van der Waals surface area contributed by atoms with E-state index in [1.807, 2.05) is 0 Å². The number of hydrogen-bond acceptors (Lipinski definition) is 2. The lowest BCUT2D eigenvalue weighted by Crippen LogP contribution is -2.41. The topological polar surface area (TPSA) is 63.3 Å². The van der Waals surface area contributed by atoms with Gasteiger partial charge >= 0.3 is 5.97 Å². The number of nitrogens with two attached hydrogens (primary N) is 1. The summed E-state index contributed by atoms with van der Waals surface area (Å²) < 4.78 is 0. The third kappa shape index (κ3) is 3.29. The molecule has 1 aliphatic rings. The lowest BCUT2D eigenvalue weighted by molar-refractivity contribution is -0.138. The molecular weight excluding hydrogens is 178 g/mol. The van der Waals surface area contributed by atoms with Crippen LogP contribution in [0.15, 0.2) is 0 Å². The molecule has 0 aromatic rings. The van der Waals surface area contributed by atoms with Crippen LogP contribution in [-0.4, -0.2) is 16.6 Å². The molecule has 0 aliphatic heterocycles. The number of carbonyl (C=O) groups is 1. The summed E-state index contributed by atoms with van der Waals surface area (Å²) in [4.78, 5) is 10.7. The minimum atomic E-state index is -0.771. The van der Waals surface area contributed by atoms with Gasteiger partial charge in [0.2, 0.25) is 0 Å². The number of carboxylic acids is 1. The summed E-state index contributed by atoms with van der Waals surface area (Å²) >= 11 is 0. The predicted octanol–water partition coefficient (Wildman–Crippen LogP) is 2.15. The predicted molar refractivity (Wildman–Crippen MR) is 56.0 cm³/mol. The van der Waals surface area contributed by atoms with Gasteiger partial charge in [-0.1, -0.05) is 20.3 Å². The average Bonchev–Trinajstić information content (AvgIpc) is 2.10. The third-order valence-corrected chi connectivity index (χ3v) is 3.33. The maximum absolute atomic E-state index is 10.7. The Labute approximate surface area is 85.7 Å². The zero-order valence-electron chi connectivity index (χ0n) is 9.18. The highest BCUT2D eigenvalue weighted by molar-refractivity contribution is 5.68. The Morgan fingerprint density at radius 1 is 1.29 bits per heavy atom. The number of rotatable bonds is 2. The third-order valence-electron chi connectivity index (χ3n) is 3.33. The molecule has 1 atom stereocenters. The molecule has 0 spiro atoms. The lowest BCUT2D eigenvalue weighted by Gasteiger charge is -2.27. The Morgan fingerprint density at radius 3 is 2.50 bits per heavy atom. The van der Waals surface area contributed by atoms with Gasteiger partial charge in [0.15, 0.2) is 0 Å². The minimum absolute atomic E-state index is 0.114. The molecular formula is C11H21NO2. The minimum Gasteiger partial charge on any atom is -0.481 e. The highest BCUT2D eigenvalue weighted by Crippen LogP contribution is 2.38. The van der Waals surface area contributed by atoms with Gasteiger partial charge in [0.1, 0.15) is 0 Å². The zero-order chi connectivity index (χ0) is 10.8. The summed E-state index contributed by atoms with van der Waals surface area (Å²) in [7, 11) is 0. The van der Waals surface area contributed by atoms with Crippen LogP contribution in [0, 0.1) is 5.41 Å². The summed E-state index contributed by atoms with van der Waals surface area (Å²) in [6, 6.07) is 0. The molecule has 1 aliphatic carbocycles. The van der Waals surface area contributed by atoms with Crippen molar-refractivity contribution in [3.8, 4) is 0 Å². The van der Waals surface area contributed by atoms with E-state index in [-0.39, 0.29) is 6.42 Å². The highest BCUT2D eigenvalue weighted by atomic mass is 16.4. The van der Waals surface area contributed by atoms with E-state index in [4.69, 9.17) is 10.8 Å². The summed E-state index contributed by atoms with van der Waals surface area (Å²) in [6.07, 6.45) is 5.05. The molecule has 0 heterocycles. The molecule has 1 saturated carbocycles. The molecule has 82 valence electrons. The first-order valence-electron chi connectivity index (χ1n) is 5.34. The molecule has 3 heteroatoms. The molecule has 1 fully saturated rings. The quantitative estimate of drug-likeness (QED) is 0.670. The van der Waals surface area contributed by atoms with Gasteiger partial charge < -0.3 is 10.8 Å². The number of aliphatic carboxylic acids is 1. The number of hydrogen-bond donors (Lipinski definition) is 2. The van der Waals surface area contributed by atoms with Crippen molar-refractivity contribution in [3.63, 3.8) is 0 Å². The largest absolute Gasteiger partial charge is 0.481 e. The maximum Gasteiger partial charge on any atom is 0.305 e. The molecule has 14 heavy (non-hydrogen) atoms. The summed E-state index contributed by atoms with van der Waals surface area (Å²) in [5, 5.41) is 8.77. The summed E-state index contributed by atoms with van der Waals surface area (Å²) in [6.45, 7) is 4.47. The van der Waals surface area contributed by atoms with Gasteiger partial charge in [-0.2, -0.15) is 0 Å². The Hall–Kier alpha value is -0.570. The molecule has 0 aromatic heterocycles. The second-order valence-corrected chi connectivity index (χ2v) is 5.45. The van der Waals surface area contributed by atoms with Crippen LogP contribution in [0.1, 0.15) is 52.4 Å². The van der Waals surface area contributed by atoms with E-state index >= 15 is 0 Å². The fourth-order valence-corrected chi connectivity index (χ4v) is 2.23. The van der Waals surface area contributed by atoms with Gasteiger partial charge in [0.25, 0.3) is 0 Å². The van der Waals surface area contributed by atoms with E-state index in [9.17, 15) is 4.79 Å².